The van der Waals surface area contributed by atoms with E-state index in [1.807, 2.05) is 0 Å². The van der Waals surface area contributed by atoms with E-state index in [9.17, 15) is 13.2 Å². The van der Waals surface area contributed by atoms with Crippen molar-refractivity contribution in [1.29, 1.82) is 0 Å². The molecule has 0 spiro atoms. The van der Waals surface area contributed by atoms with Crippen molar-refractivity contribution in [3.8, 4) is 17.2 Å². The van der Waals surface area contributed by atoms with E-state index in [2.05, 4.69) is 14.7 Å². The molecule has 0 aliphatic heterocycles. The molecule has 0 atom stereocenters. The van der Waals surface area contributed by atoms with Crippen LogP contribution in [0.25, 0.3) is 0 Å². The quantitative estimate of drug-likeness (QED) is 0.542. The number of hydrogen-bond acceptors (Lipinski definition) is 4. The Kier molecular flexibility index (Phi) is 8.67. The molecule has 0 saturated carbocycles. The second-order valence-corrected chi connectivity index (χ2v) is 4.91. The molecule has 4 nitrogen and oxygen atoms in total. The highest BCUT2D eigenvalue weighted by atomic mass is 35.5. The van der Waals surface area contributed by atoms with Crippen LogP contribution in [0.1, 0.15) is 0 Å². The first kappa shape index (κ1) is 21.5. The Balaban J connectivity index is 0.000000357. The zero-order valence-corrected chi connectivity index (χ0v) is 14.6. The summed E-state index contributed by atoms with van der Waals surface area (Å²) in [5.41, 5.74) is 0. The van der Waals surface area contributed by atoms with E-state index < -0.39 is 6.36 Å². The van der Waals surface area contributed by atoms with Crippen molar-refractivity contribution in [2.45, 2.75) is 6.36 Å². The van der Waals surface area contributed by atoms with Gasteiger partial charge in [0.05, 0.1) is 0 Å². The minimum absolute atomic E-state index is 0. The normalized spacial score (nSPS) is 10.0. The summed E-state index contributed by atoms with van der Waals surface area (Å²) < 4.78 is 44.9. The zero-order valence-electron chi connectivity index (χ0n) is 13.1. The number of aromatic nitrogens is 2. The van der Waals surface area contributed by atoms with E-state index in [0.29, 0.717) is 11.5 Å². The topological polar surface area (TPSA) is 44.2 Å². The van der Waals surface area contributed by atoms with Crippen LogP contribution >= 0.6 is 24.0 Å². The molecule has 0 fully saturated rings. The monoisotopic (exact) mass is 404 g/mol. The first-order valence-electron chi connectivity index (χ1n) is 6.91. The van der Waals surface area contributed by atoms with E-state index >= 15 is 0 Å². The van der Waals surface area contributed by atoms with Crippen molar-refractivity contribution in [2.75, 3.05) is 0 Å². The van der Waals surface area contributed by atoms with Crippen LogP contribution in [0.15, 0.2) is 73.3 Å². The van der Waals surface area contributed by atoms with E-state index in [4.69, 9.17) is 16.3 Å². The van der Waals surface area contributed by atoms with Crippen LogP contribution in [0.3, 0.4) is 0 Å². The molecule has 3 aromatic rings. The Morgan fingerprint density at radius 1 is 0.692 bits per heavy atom. The van der Waals surface area contributed by atoms with Crippen LogP contribution < -0.4 is 9.47 Å². The first-order chi connectivity index (χ1) is 11.9. The van der Waals surface area contributed by atoms with Gasteiger partial charge < -0.3 is 9.47 Å². The Bertz CT molecular complexity index is 758. The molecule has 0 N–H and O–H groups in total. The maximum atomic E-state index is 11.9. The highest BCUT2D eigenvalue weighted by Gasteiger charge is 2.30. The molecule has 0 aliphatic carbocycles. The van der Waals surface area contributed by atoms with Gasteiger partial charge in [0.25, 0.3) is 0 Å². The van der Waals surface area contributed by atoms with Gasteiger partial charge in [-0.3, -0.25) is 9.97 Å². The van der Waals surface area contributed by atoms with Gasteiger partial charge in [0.15, 0.2) is 0 Å². The number of halogens is 5. The van der Waals surface area contributed by atoms with Crippen LogP contribution in [-0.4, -0.2) is 16.3 Å². The lowest BCUT2D eigenvalue weighted by Crippen LogP contribution is -2.16. The van der Waals surface area contributed by atoms with Gasteiger partial charge in [0.2, 0.25) is 0 Å². The fourth-order valence-corrected chi connectivity index (χ4v) is 1.70. The molecular weight excluding hydrogens is 392 g/mol. The van der Waals surface area contributed by atoms with Gasteiger partial charge in [-0.05, 0) is 48.5 Å². The SMILES string of the molecule is Cl.Clc1ccncc1.FC(F)(F)Oc1ccc(Oc2ccncc2)cc1. The molecule has 3 rings (SSSR count). The number of hydrogen-bond donors (Lipinski definition) is 0. The maximum Gasteiger partial charge on any atom is 0.573 e. The molecule has 1 aromatic carbocycles. The summed E-state index contributed by atoms with van der Waals surface area (Å²) in [5.74, 6) is 0.676. The number of ether oxygens (including phenoxy) is 2. The first-order valence-corrected chi connectivity index (χ1v) is 7.29. The predicted molar refractivity (Wildman–Crippen MR) is 93.9 cm³/mol. The molecule has 0 bridgehead atoms. The Morgan fingerprint density at radius 2 is 1.12 bits per heavy atom. The van der Waals surface area contributed by atoms with Crippen molar-refractivity contribution in [2.24, 2.45) is 0 Å². The summed E-state index contributed by atoms with van der Waals surface area (Å²) in [6.45, 7) is 0. The molecule has 0 aliphatic rings. The standard InChI is InChI=1S/C12H8F3NO2.C5H4ClN.ClH/c13-12(14,15)18-11-3-1-9(2-4-11)17-10-5-7-16-8-6-10;6-5-1-3-7-4-2-5;/h1-8H;1-4H;1H. The lowest BCUT2D eigenvalue weighted by molar-refractivity contribution is -0.274. The van der Waals surface area contributed by atoms with Crippen molar-refractivity contribution < 1.29 is 22.6 Å². The molecule has 0 radical (unpaired) electrons. The van der Waals surface area contributed by atoms with E-state index in [-0.39, 0.29) is 18.2 Å². The third-order valence-electron chi connectivity index (χ3n) is 2.58. The molecule has 2 aromatic heterocycles. The van der Waals surface area contributed by atoms with Gasteiger partial charge in [0, 0.05) is 29.8 Å². The summed E-state index contributed by atoms with van der Waals surface area (Å²) >= 11 is 5.50. The van der Waals surface area contributed by atoms with Crippen LogP contribution in [0.4, 0.5) is 13.2 Å². The maximum absolute atomic E-state index is 11.9. The Labute approximate surface area is 159 Å². The average molecular weight is 405 g/mol. The number of nitrogens with zero attached hydrogens (tertiary/aromatic N) is 2. The lowest BCUT2D eigenvalue weighted by atomic mass is 10.3. The van der Waals surface area contributed by atoms with Crippen molar-refractivity contribution in [1.82, 2.24) is 9.97 Å². The van der Waals surface area contributed by atoms with Crippen molar-refractivity contribution >= 4 is 24.0 Å². The van der Waals surface area contributed by atoms with Crippen LogP contribution in [-0.2, 0) is 0 Å². The highest BCUT2D eigenvalue weighted by molar-refractivity contribution is 6.30. The zero-order chi connectivity index (χ0) is 18.1. The van der Waals surface area contributed by atoms with Gasteiger partial charge in [-0.1, -0.05) is 11.6 Å². The smallest absolute Gasteiger partial charge is 0.457 e. The van der Waals surface area contributed by atoms with Crippen LogP contribution in [0.2, 0.25) is 5.02 Å². The minimum atomic E-state index is -4.69. The number of rotatable bonds is 3. The average Bonchev–Trinajstić information content (AvgIpc) is 2.58. The Hall–Kier alpha value is -2.51. The summed E-state index contributed by atoms with van der Waals surface area (Å²) in [6.07, 6.45) is 1.73. The Morgan fingerprint density at radius 3 is 1.54 bits per heavy atom. The predicted octanol–water partition coefficient (Wildman–Crippen LogP) is 5.93. The number of pyridine rings is 2. The van der Waals surface area contributed by atoms with E-state index in [1.165, 1.54) is 24.3 Å². The van der Waals surface area contributed by atoms with Gasteiger partial charge in [-0.25, -0.2) is 0 Å². The summed E-state index contributed by atoms with van der Waals surface area (Å²) in [6, 6.07) is 11.9. The molecule has 0 amide bonds. The largest absolute Gasteiger partial charge is 0.573 e. The van der Waals surface area contributed by atoms with Gasteiger partial charge in [-0.15, -0.1) is 25.6 Å². The molecule has 2 heterocycles. The third-order valence-corrected chi connectivity index (χ3v) is 2.83. The van der Waals surface area contributed by atoms with Crippen LogP contribution in [0.5, 0.6) is 17.2 Å². The van der Waals surface area contributed by atoms with Crippen molar-refractivity contribution in [3.05, 3.63) is 78.3 Å². The highest BCUT2D eigenvalue weighted by Crippen LogP contribution is 2.26. The molecule has 0 unspecified atom stereocenters. The third kappa shape index (κ3) is 8.55. The lowest BCUT2D eigenvalue weighted by Gasteiger charge is -2.09. The molecule has 0 saturated heterocycles. The van der Waals surface area contributed by atoms with E-state index in [1.54, 1.807) is 49.1 Å². The van der Waals surface area contributed by atoms with Gasteiger partial charge in [0.1, 0.15) is 17.2 Å². The van der Waals surface area contributed by atoms with Gasteiger partial charge >= 0.3 is 6.36 Å². The summed E-state index contributed by atoms with van der Waals surface area (Å²) in [7, 11) is 0. The second kappa shape index (κ2) is 10.5. The molecule has 9 heteroatoms. The summed E-state index contributed by atoms with van der Waals surface area (Å²) in [4.78, 5) is 7.58. The summed E-state index contributed by atoms with van der Waals surface area (Å²) in [5, 5.41) is 0.731. The van der Waals surface area contributed by atoms with E-state index in [0.717, 1.165) is 5.02 Å². The fourth-order valence-electron chi connectivity index (χ4n) is 1.59. The second-order valence-electron chi connectivity index (χ2n) is 4.47. The minimum Gasteiger partial charge on any atom is -0.457 e. The molecular formula is C17H13Cl2F3N2O2. The van der Waals surface area contributed by atoms with Gasteiger partial charge in [-0.2, -0.15) is 0 Å². The number of benzene rings is 1. The molecule has 138 valence electrons. The molecule has 26 heavy (non-hydrogen) atoms. The number of alkyl halides is 3. The van der Waals surface area contributed by atoms with Crippen molar-refractivity contribution in [3.63, 3.8) is 0 Å². The fraction of sp³-hybridized carbons (Fsp3) is 0.0588. The van der Waals surface area contributed by atoms with Crippen LogP contribution in [0, 0.1) is 0 Å².